The summed E-state index contributed by atoms with van der Waals surface area (Å²) in [7, 11) is 0. The van der Waals surface area contributed by atoms with Gasteiger partial charge in [-0.2, -0.15) is 0 Å². The third-order valence-corrected chi connectivity index (χ3v) is 4.71. The number of nitrogens with zero attached hydrogens (tertiary/aromatic N) is 2. The topological polar surface area (TPSA) is 89.8 Å². The number of hydrogen-bond donors (Lipinski definition) is 0. The van der Waals surface area contributed by atoms with Crippen molar-refractivity contribution in [3.05, 3.63) is 81.4 Å². The number of carbonyl (C=O) groups excluding carboxylic acids is 2. The van der Waals surface area contributed by atoms with Crippen molar-refractivity contribution in [2.75, 3.05) is 18.1 Å². The summed E-state index contributed by atoms with van der Waals surface area (Å²) in [5.74, 6) is -1.32. The molecule has 0 aromatic heterocycles. The Bertz CT molecular complexity index is 1090. The molecular weight excluding hydrogens is 396 g/mol. The summed E-state index contributed by atoms with van der Waals surface area (Å²) in [6.07, 6.45) is 0. The Morgan fingerprint density at radius 1 is 1.10 bits per heavy atom. The molecule has 0 atom stereocenters. The highest BCUT2D eigenvalue weighted by atomic mass is 35.5. The normalized spacial score (nSPS) is 10.6. The standard InChI is InChI=1S/C21H17ClN2O5/c1-2-23(19-9-5-7-14-6-3-4-8-16(14)19)20(25)13-29-21(26)17-12-15(24(27)28)10-11-18(17)22/h3-12H,2,13H2,1H3. The Hall–Kier alpha value is -3.45. The molecule has 0 aliphatic carbocycles. The average Bonchev–Trinajstić information content (AvgIpc) is 2.73. The maximum atomic E-state index is 12.7. The highest BCUT2D eigenvalue weighted by Crippen LogP contribution is 2.27. The molecule has 3 aromatic carbocycles. The summed E-state index contributed by atoms with van der Waals surface area (Å²) in [4.78, 5) is 36.8. The van der Waals surface area contributed by atoms with E-state index >= 15 is 0 Å². The minimum absolute atomic E-state index is 0.00875. The first kappa shape index (κ1) is 20.3. The lowest BCUT2D eigenvalue weighted by Crippen LogP contribution is -2.34. The van der Waals surface area contributed by atoms with E-state index in [1.165, 1.54) is 17.0 Å². The minimum Gasteiger partial charge on any atom is -0.452 e. The molecule has 0 fully saturated rings. The fourth-order valence-electron chi connectivity index (χ4n) is 2.99. The van der Waals surface area contributed by atoms with Crippen LogP contribution >= 0.6 is 11.6 Å². The summed E-state index contributed by atoms with van der Waals surface area (Å²) >= 11 is 5.94. The number of carbonyl (C=O) groups is 2. The third-order valence-electron chi connectivity index (χ3n) is 4.38. The van der Waals surface area contributed by atoms with E-state index in [2.05, 4.69) is 0 Å². The Balaban J connectivity index is 1.78. The number of nitro benzene ring substituents is 1. The first-order chi connectivity index (χ1) is 13.9. The number of rotatable bonds is 6. The minimum atomic E-state index is -0.902. The number of non-ortho nitro benzene ring substituents is 1. The van der Waals surface area contributed by atoms with Crippen molar-refractivity contribution in [3.8, 4) is 0 Å². The quantitative estimate of drug-likeness (QED) is 0.335. The second kappa shape index (κ2) is 8.70. The van der Waals surface area contributed by atoms with Gasteiger partial charge in [-0.05, 0) is 24.4 Å². The number of nitro groups is 1. The average molecular weight is 413 g/mol. The van der Waals surface area contributed by atoms with E-state index in [1.807, 2.05) is 49.4 Å². The Morgan fingerprint density at radius 3 is 2.55 bits per heavy atom. The largest absolute Gasteiger partial charge is 0.452 e. The van der Waals surface area contributed by atoms with Crippen LogP contribution in [0.4, 0.5) is 11.4 Å². The number of hydrogen-bond acceptors (Lipinski definition) is 5. The first-order valence-corrected chi connectivity index (χ1v) is 9.19. The molecule has 7 nitrogen and oxygen atoms in total. The van der Waals surface area contributed by atoms with Gasteiger partial charge in [-0.25, -0.2) is 4.79 Å². The number of anilines is 1. The number of likely N-dealkylation sites (N-methyl/N-ethyl adjacent to an activating group) is 1. The van der Waals surface area contributed by atoms with E-state index in [9.17, 15) is 19.7 Å². The number of esters is 1. The van der Waals surface area contributed by atoms with E-state index < -0.39 is 23.4 Å². The molecule has 148 valence electrons. The van der Waals surface area contributed by atoms with Gasteiger partial charge in [0.25, 0.3) is 11.6 Å². The fraction of sp³-hybridized carbons (Fsp3) is 0.143. The lowest BCUT2D eigenvalue weighted by atomic mass is 10.1. The molecule has 0 radical (unpaired) electrons. The zero-order valence-electron chi connectivity index (χ0n) is 15.5. The van der Waals surface area contributed by atoms with Crippen LogP contribution < -0.4 is 4.90 Å². The number of halogens is 1. The van der Waals surface area contributed by atoms with Gasteiger partial charge in [0.2, 0.25) is 0 Å². The summed E-state index contributed by atoms with van der Waals surface area (Å²) in [6, 6.07) is 16.7. The Kier molecular flexibility index (Phi) is 6.09. The molecule has 3 rings (SSSR count). The Labute approximate surface area is 171 Å². The van der Waals surface area contributed by atoms with Crippen LogP contribution in [-0.2, 0) is 9.53 Å². The van der Waals surface area contributed by atoms with Gasteiger partial charge in [0.1, 0.15) is 0 Å². The second-order valence-corrected chi connectivity index (χ2v) is 6.54. The zero-order chi connectivity index (χ0) is 21.0. The predicted molar refractivity (Wildman–Crippen MR) is 110 cm³/mol. The lowest BCUT2D eigenvalue weighted by Gasteiger charge is -2.22. The Morgan fingerprint density at radius 2 is 1.83 bits per heavy atom. The van der Waals surface area contributed by atoms with E-state index in [1.54, 1.807) is 0 Å². The SMILES string of the molecule is CCN(C(=O)COC(=O)c1cc([N+](=O)[O-])ccc1Cl)c1cccc2ccccc12. The molecule has 0 saturated carbocycles. The first-order valence-electron chi connectivity index (χ1n) is 8.81. The van der Waals surface area contributed by atoms with E-state index in [0.717, 1.165) is 16.8 Å². The summed E-state index contributed by atoms with van der Waals surface area (Å²) < 4.78 is 5.08. The van der Waals surface area contributed by atoms with Gasteiger partial charge in [0.15, 0.2) is 6.61 Å². The van der Waals surface area contributed by atoms with E-state index in [-0.39, 0.29) is 16.3 Å². The second-order valence-electron chi connectivity index (χ2n) is 6.13. The van der Waals surface area contributed by atoms with Gasteiger partial charge in [-0.15, -0.1) is 0 Å². The van der Waals surface area contributed by atoms with Crippen molar-refractivity contribution in [3.63, 3.8) is 0 Å². The van der Waals surface area contributed by atoms with Crippen molar-refractivity contribution in [1.29, 1.82) is 0 Å². The van der Waals surface area contributed by atoms with Gasteiger partial charge in [0, 0.05) is 24.1 Å². The molecule has 1 amide bonds. The number of ether oxygens (including phenoxy) is 1. The van der Waals surface area contributed by atoms with Crippen LogP contribution in [-0.4, -0.2) is 30.0 Å². The van der Waals surface area contributed by atoms with E-state index in [4.69, 9.17) is 16.3 Å². The highest BCUT2D eigenvalue weighted by Gasteiger charge is 2.21. The van der Waals surface area contributed by atoms with Gasteiger partial charge in [0.05, 0.1) is 21.2 Å². The summed E-state index contributed by atoms with van der Waals surface area (Å²) in [6.45, 7) is 1.68. The van der Waals surface area contributed by atoms with Gasteiger partial charge < -0.3 is 9.64 Å². The highest BCUT2D eigenvalue weighted by molar-refractivity contribution is 6.33. The summed E-state index contributed by atoms with van der Waals surface area (Å²) in [5.41, 5.74) is 0.250. The molecule has 8 heteroatoms. The molecule has 0 unspecified atom stereocenters. The monoisotopic (exact) mass is 412 g/mol. The van der Waals surface area contributed by atoms with Crippen molar-refractivity contribution in [2.24, 2.45) is 0 Å². The molecule has 0 bridgehead atoms. The lowest BCUT2D eigenvalue weighted by molar-refractivity contribution is -0.384. The molecule has 3 aromatic rings. The van der Waals surface area contributed by atoms with Crippen LogP contribution in [0, 0.1) is 10.1 Å². The molecular formula is C21H17ClN2O5. The molecule has 0 spiro atoms. The predicted octanol–water partition coefficient (Wildman–Crippen LogP) is 4.61. The van der Waals surface area contributed by atoms with Gasteiger partial charge in [-0.1, -0.05) is 48.0 Å². The van der Waals surface area contributed by atoms with E-state index in [0.29, 0.717) is 12.2 Å². The molecule has 29 heavy (non-hydrogen) atoms. The van der Waals surface area contributed by atoms with Crippen molar-refractivity contribution < 1.29 is 19.2 Å². The van der Waals surface area contributed by atoms with Crippen LogP contribution in [0.3, 0.4) is 0 Å². The van der Waals surface area contributed by atoms with Crippen molar-refractivity contribution >= 4 is 45.6 Å². The molecule has 0 aliphatic rings. The van der Waals surface area contributed by atoms with Crippen LogP contribution in [0.2, 0.25) is 5.02 Å². The maximum Gasteiger partial charge on any atom is 0.340 e. The third kappa shape index (κ3) is 4.35. The fourth-order valence-corrected chi connectivity index (χ4v) is 3.19. The van der Waals surface area contributed by atoms with Crippen LogP contribution in [0.25, 0.3) is 10.8 Å². The molecule has 0 saturated heterocycles. The zero-order valence-corrected chi connectivity index (χ0v) is 16.3. The van der Waals surface area contributed by atoms with Crippen LogP contribution in [0.5, 0.6) is 0 Å². The number of fused-ring (bicyclic) bond motifs is 1. The van der Waals surface area contributed by atoms with Crippen molar-refractivity contribution in [1.82, 2.24) is 0 Å². The van der Waals surface area contributed by atoms with Gasteiger partial charge in [-0.3, -0.25) is 14.9 Å². The van der Waals surface area contributed by atoms with Gasteiger partial charge >= 0.3 is 5.97 Å². The van der Waals surface area contributed by atoms with Crippen LogP contribution in [0.15, 0.2) is 60.7 Å². The maximum absolute atomic E-state index is 12.7. The van der Waals surface area contributed by atoms with Crippen LogP contribution in [0.1, 0.15) is 17.3 Å². The molecule has 0 heterocycles. The number of benzene rings is 3. The van der Waals surface area contributed by atoms with Crippen molar-refractivity contribution in [2.45, 2.75) is 6.92 Å². The smallest absolute Gasteiger partial charge is 0.340 e. The molecule has 0 aliphatic heterocycles. The number of amides is 1. The summed E-state index contributed by atoms with van der Waals surface area (Å²) in [5, 5.41) is 12.8. The molecule has 0 N–H and O–H groups in total.